The lowest BCUT2D eigenvalue weighted by atomic mass is 10.1. The summed E-state index contributed by atoms with van der Waals surface area (Å²) in [4.78, 5) is -0.304. The van der Waals surface area contributed by atoms with E-state index in [2.05, 4.69) is 4.72 Å². The van der Waals surface area contributed by atoms with E-state index in [0.717, 1.165) is 12.1 Å². The Bertz CT molecular complexity index is 520. The average molecular weight is 293 g/mol. The molecule has 1 atom stereocenters. The Balaban J connectivity index is 2.58. The molecule has 1 rings (SSSR count). The minimum absolute atomic E-state index is 0.0515. The molecule has 108 valence electrons. The first-order valence-corrected chi connectivity index (χ1v) is 7.40. The van der Waals surface area contributed by atoms with Gasteiger partial charge in [-0.05, 0) is 37.0 Å². The lowest BCUT2D eigenvalue weighted by Crippen LogP contribution is -2.25. The van der Waals surface area contributed by atoms with E-state index in [1.165, 1.54) is 0 Å². The van der Waals surface area contributed by atoms with Crippen LogP contribution in [-0.4, -0.2) is 26.7 Å². The highest BCUT2D eigenvalue weighted by Crippen LogP contribution is 2.13. The van der Waals surface area contributed by atoms with Crippen molar-refractivity contribution in [2.75, 3.05) is 13.2 Å². The minimum Gasteiger partial charge on any atom is -0.396 e. The molecule has 1 aromatic rings. The van der Waals surface area contributed by atoms with Crippen LogP contribution in [0.5, 0.6) is 0 Å². The number of nitrogens with one attached hydrogen (secondary N) is 1. The van der Waals surface area contributed by atoms with E-state index in [-0.39, 0.29) is 24.0 Å². The maximum Gasteiger partial charge on any atom is 0.240 e. The van der Waals surface area contributed by atoms with Gasteiger partial charge in [-0.25, -0.2) is 21.9 Å². The third-order valence-electron chi connectivity index (χ3n) is 2.68. The molecule has 4 nitrogen and oxygen atoms in total. The van der Waals surface area contributed by atoms with Crippen molar-refractivity contribution >= 4 is 10.0 Å². The van der Waals surface area contributed by atoms with Gasteiger partial charge in [0, 0.05) is 13.2 Å². The van der Waals surface area contributed by atoms with Crippen molar-refractivity contribution < 1.29 is 22.3 Å². The van der Waals surface area contributed by atoms with Crippen LogP contribution in [0.3, 0.4) is 0 Å². The number of aliphatic hydroxyl groups is 1. The molecule has 0 radical (unpaired) electrons. The molecule has 0 aliphatic carbocycles. The van der Waals surface area contributed by atoms with Crippen LogP contribution in [0.1, 0.15) is 19.8 Å². The Hall–Kier alpha value is -1.05. The zero-order valence-corrected chi connectivity index (χ0v) is 11.4. The number of halogens is 2. The van der Waals surface area contributed by atoms with Gasteiger partial charge >= 0.3 is 0 Å². The zero-order chi connectivity index (χ0) is 14.5. The van der Waals surface area contributed by atoms with Gasteiger partial charge in [0.15, 0.2) is 11.6 Å². The van der Waals surface area contributed by atoms with Gasteiger partial charge < -0.3 is 5.11 Å². The van der Waals surface area contributed by atoms with Crippen LogP contribution in [0.15, 0.2) is 23.1 Å². The number of sulfonamides is 1. The van der Waals surface area contributed by atoms with Crippen molar-refractivity contribution in [3.05, 3.63) is 29.8 Å². The number of hydrogen-bond acceptors (Lipinski definition) is 3. The maximum atomic E-state index is 13.0. The molecule has 1 aromatic carbocycles. The number of benzene rings is 1. The average Bonchev–Trinajstić information content (AvgIpc) is 2.37. The fourth-order valence-electron chi connectivity index (χ4n) is 1.48. The number of hydrogen-bond donors (Lipinski definition) is 2. The van der Waals surface area contributed by atoms with Crippen LogP contribution in [0.2, 0.25) is 0 Å². The van der Waals surface area contributed by atoms with E-state index in [1.54, 1.807) is 0 Å². The molecule has 0 spiro atoms. The normalized spacial score (nSPS) is 13.5. The lowest BCUT2D eigenvalue weighted by Gasteiger charge is -2.09. The van der Waals surface area contributed by atoms with Crippen LogP contribution >= 0.6 is 0 Å². The van der Waals surface area contributed by atoms with Crippen molar-refractivity contribution in [2.45, 2.75) is 24.7 Å². The summed E-state index contributed by atoms with van der Waals surface area (Å²) in [6.45, 7) is 2.09. The van der Waals surface area contributed by atoms with Crippen LogP contribution in [0.25, 0.3) is 0 Å². The van der Waals surface area contributed by atoms with Crippen molar-refractivity contribution in [1.82, 2.24) is 4.72 Å². The summed E-state index contributed by atoms with van der Waals surface area (Å²) in [6.07, 6.45) is 1.24. The summed E-state index contributed by atoms with van der Waals surface area (Å²) in [5.41, 5.74) is 0. The highest BCUT2D eigenvalue weighted by molar-refractivity contribution is 7.89. The Morgan fingerprint density at radius 3 is 2.58 bits per heavy atom. The molecule has 0 saturated carbocycles. The molecule has 0 saturated heterocycles. The first kappa shape index (κ1) is 16.0. The van der Waals surface area contributed by atoms with Gasteiger partial charge in [0.25, 0.3) is 0 Å². The molecule has 0 aliphatic rings. The summed E-state index contributed by atoms with van der Waals surface area (Å²) in [6, 6.07) is 2.43. The summed E-state index contributed by atoms with van der Waals surface area (Å²) < 4.78 is 51.5. The van der Waals surface area contributed by atoms with Gasteiger partial charge in [-0.15, -0.1) is 0 Å². The van der Waals surface area contributed by atoms with Gasteiger partial charge in [0.2, 0.25) is 10.0 Å². The predicted octanol–water partition coefficient (Wildman–Crippen LogP) is 1.65. The van der Waals surface area contributed by atoms with E-state index in [1.807, 2.05) is 6.92 Å². The molecular formula is C12H17F2NO3S. The molecule has 19 heavy (non-hydrogen) atoms. The van der Waals surface area contributed by atoms with E-state index in [0.29, 0.717) is 18.9 Å². The molecule has 0 amide bonds. The Kier molecular flexibility index (Phi) is 5.84. The van der Waals surface area contributed by atoms with E-state index in [9.17, 15) is 17.2 Å². The van der Waals surface area contributed by atoms with E-state index >= 15 is 0 Å². The van der Waals surface area contributed by atoms with Crippen LogP contribution in [0, 0.1) is 17.6 Å². The Morgan fingerprint density at radius 2 is 2.00 bits per heavy atom. The molecule has 0 heterocycles. The molecule has 1 unspecified atom stereocenters. The third-order valence-corrected chi connectivity index (χ3v) is 4.14. The van der Waals surface area contributed by atoms with Crippen molar-refractivity contribution in [3.63, 3.8) is 0 Å². The second-order valence-corrected chi connectivity index (χ2v) is 6.17. The standard InChI is InChI=1S/C12H17F2NO3S/c1-9(8-16)3-2-6-15-19(17,18)10-4-5-11(13)12(14)7-10/h4-5,7,9,15-16H,2-3,6,8H2,1H3. The molecule has 0 fully saturated rings. The highest BCUT2D eigenvalue weighted by Gasteiger charge is 2.15. The predicted molar refractivity (Wildman–Crippen MR) is 67.0 cm³/mol. The summed E-state index contributed by atoms with van der Waals surface area (Å²) in [5.74, 6) is -2.18. The van der Waals surface area contributed by atoms with Gasteiger partial charge in [-0.3, -0.25) is 0 Å². The Labute approximate surface area is 111 Å². The summed E-state index contributed by atoms with van der Waals surface area (Å²) in [5, 5.41) is 8.81. The van der Waals surface area contributed by atoms with Gasteiger partial charge in [-0.2, -0.15) is 0 Å². The SMILES string of the molecule is CC(CO)CCCNS(=O)(=O)c1ccc(F)c(F)c1. The van der Waals surface area contributed by atoms with Crippen LogP contribution in [-0.2, 0) is 10.0 Å². The smallest absolute Gasteiger partial charge is 0.240 e. The first-order valence-electron chi connectivity index (χ1n) is 5.92. The second kappa shape index (κ2) is 6.93. The largest absolute Gasteiger partial charge is 0.396 e. The molecule has 7 heteroatoms. The quantitative estimate of drug-likeness (QED) is 0.751. The summed E-state index contributed by atoms with van der Waals surface area (Å²) in [7, 11) is -3.82. The third kappa shape index (κ3) is 4.85. The molecule has 0 aliphatic heterocycles. The lowest BCUT2D eigenvalue weighted by molar-refractivity contribution is 0.228. The second-order valence-electron chi connectivity index (χ2n) is 4.40. The number of aliphatic hydroxyl groups excluding tert-OH is 1. The van der Waals surface area contributed by atoms with Gasteiger partial charge in [0.05, 0.1) is 4.90 Å². The van der Waals surface area contributed by atoms with Gasteiger partial charge in [0.1, 0.15) is 0 Å². The maximum absolute atomic E-state index is 13.0. The molecule has 0 bridgehead atoms. The van der Waals surface area contributed by atoms with E-state index < -0.39 is 21.7 Å². The Morgan fingerprint density at radius 1 is 1.32 bits per heavy atom. The molecule has 2 N–H and O–H groups in total. The van der Waals surface area contributed by atoms with Crippen LogP contribution < -0.4 is 4.72 Å². The fraction of sp³-hybridized carbons (Fsp3) is 0.500. The van der Waals surface area contributed by atoms with Crippen molar-refractivity contribution in [2.24, 2.45) is 5.92 Å². The van der Waals surface area contributed by atoms with Crippen molar-refractivity contribution in [3.8, 4) is 0 Å². The minimum atomic E-state index is -3.82. The van der Waals surface area contributed by atoms with Crippen LogP contribution in [0.4, 0.5) is 8.78 Å². The monoisotopic (exact) mass is 293 g/mol. The van der Waals surface area contributed by atoms with E-state index in [4.69, 9.17) is 5.11 Å². The molecule has 0 aromatic heterocycles. The van der Waals surface area contributed by atoms with Gasteiger partial charge in [-0.1, -0.05) is 6.92 Å². The fourth-order valence-corrected chi connectivity index (χ4v) is 2.56. The number of rotatable bonds is 7. The van der Waals surface area contributed by atoms with Crippen molar-refractivity contribution in [1.29, 1.82) is 0 Å². The topological polar surface area (TPSA) is 66.4 Å². The zero-order valence-electron chi connectivity index (χ0n) is 10.6. The first-order chi connectivity index (χ1) is 8.86. The summed E-state index contributed by atoms with van der Waals surface area (Å²) >= 11 is 0. The molecular weight excluding hydrogens is 276 g/mol. The highest BCUT2D eigenvalue weighted by atomic mass is 32.2.